The van der Waals surface area contributed by atoms with Gasteiger partial charge in [0.05, 0.1) is 18.6 Å². The maximum atomic E-state index is 9.26. The fraction of sp³-hybridized carbons (Fsp3) is 0.786. The molecule has 1 aromatic heterocycles. The molecule has 4 heteroatoms. The monoisotopic (exact) mass is 251 g/mol. The van der Waals surface area contributed by atoms with Gasteiger partial charge in [0.2, 0.25) is 0 Å². The van der Waals surface area contributed by atoms with Crippen LogP contribution in [0.2, 0.25) is 0 Å². The summed E-state index contributed by atoms with van der Waals surface area (Å²) in [6, 6.07) is 0.645. The van der Waals surface area contributed by atoms with Gasteiger partial charge in [0.1, 0.15) is 0 Å². The molecule has 0 unspecified atom stereocenters. The zero-order valence-corrected chi connectivity index (χ0v) is 11.4. The number of hydrogen-bond donors (Lipinski definition) is 1. The molecule has 1 fully saturated rings. The van der Waals surface area contributed by atoms with Crippen molar-refractivity contribution in [2.75, 3.05) is 13.2 Å². The third kappa shape index (κ3) is 3.33. The van der Waals surface area contributed by atoms with E-state index in [2.05, 4.69) is 21.4 Å². The first-order valence-corrected chi connectivity index (χ1v) is 7.19. The van der Waals surface area contributed by atoms with Crippen molar-refractivity contribution in [1.29, 1.82) is 0 Å². The highest BCUT2D eigenvalue weighted by atomic mass is 16.3. The molecular weight excluding hydrogens is 226 g/mol. The van der Waals surface area contributed by atoms with Crippen LogP contribution in [0.5, 0.6) is 0 Å². The van der Waals surface area contributed by atoms with Crippen LogP contribution >= 0.6 is 0 Å². The number of aromatic nitrogens is 2. The van der Waals surface area contributed by atoms with Gasteiger partial charge in [-0.1, -0.05) is 19.3 Å². The maximum absolute atomic E-state index is 9.26. The predicted molar refractivity (Wildman–Crippen MR) is 72.3 cm³/mol. The third-order valence-electron chi connectivity index (χ3n) is 3.98. The summed E-state index contributed by atoms with van der Waals surface area (Å²) in [5.74, 6) is 0. The zero-order chi connectivity index (χ0) is 12.8. The Balaban J connectivity index is 2.00. The second-order valence-corrected chi connectivity index (χ2v) is 5.16. The molecule has 0 spiro atoms. The smallest absolute Gasteiger partial charge is 0.0948 e. The molecule has 1 aromatic rings. The van der Waals surface area contributed by atoms with E-state index < -0.39 is 0 Å². The third-order valence-corrected chi connectivity index (χ3v) is 3.98. The Morgan fingerprint density at radius 1 is 1.39 bits per heavy atom. The minimum atomic E-state index is 0.247. The second kappa shape index (κ2) is 6.90. The number of aliphatic hydroxyl groups is 1. The first-order valence-electron chi connectivity index (χ1n) is 7.19. The highest BCUT2D eigenvalue weighted by Gasteiger charge is 2.21. The number of aryl methyl sites for hydroxylation is 1. The van der Waals surface area contributed by atoms with E-state index >= 15 is 0 Å². The summed E-state index contributed by atoms with van der Waals surface area (Å²) in [5, 5.41) is 9.26. The molecule has 0 amide bonds. The van der Waals surface area contributed by atoms with Gasteiger partial charge in [-0.3, -0.25) is 4.90 Å². The molecule has 0 saturated heterocycles. The van der Waals surface area contributed by atoms with E-state index in [4.69, 9.17) is 0 Å². The van der Waals surface area contributed by atoms with Gasteiger partial charge in [0.25, 0.3) is 0 Å². The Bertz CT molecular complexity index is 345. The molecule has 4 nitrogen and oxygen atoms in total. The van der Waals surface area contributed by atoms with Crippen LogP contribution in [0.15, 0.2) is 12.5 Å². The summed E-state index contributed by atoms with van der Waals surface area (Å²) < 4.78 is 2.19. The summed E-state index contributed by atoms with van der Waals surface area (Å²) >= 11 is 0. The molecule has 1 N–H and O–H groups in total. The number of aliphatic hydroxyl groups excluding tert-OH is 1. The average molecular weight is 251 g/mol. The van der Waals surface area contributed by atoms with Gasteiger partial charge in [-0.25, -0.2) is 4.98 Å². The zero-order valence-electron chi connectivity index (χ0n) is 11.4. The second-order valence-electron chi connectivity index (χ2n) is 5.16. The molecule has 1 aliphatic carbocycles. The molecule has 1 saturated carbocycles. The first kappa shape index (κ1) is 13.6. The van der Waals surface area contributed by atoms with E-state index in [1.807, 2.05) is 12.5 Å². The summed E-state index contributed by atoms with van der Waals surface area (Å²) in [4.78, 5) is 6.66. The lowest BCUT2D eigenvalue weighted by Gasteiger charge is -2.34. The SMILES string of the molecule is CCn1cncc1CN(CCO)C1CCCCC1. The van der Waals surface area contributed by atoms with Gasteiger partial charge < -0.3 is 9.67 Å². The van der Waals surface area contributed by atoms with Crippen LogP contribution in [0.4, 0.5) is 0 Å². The lowest BCUT2D eigenvalue weighted by molar-refractivity contribution is 0.115. The van der Waals surface area contributed by atoms with Gasteiger partial charge in [-0.2, -0.15) is 0 Å². The standard InChI is InChI=1S/C14H25N3O/c1-2-16-12-15-10-14(16)11-17(8-9-18)13-6-4-3-5-7-13/h10,12-13,18H,2-9,11H2,1H3. The van der Waals surface area contributed by atoms with Crippen molar-refractivity contribution in [2.45, 2.75) is 58.2 Å². The van der Waals surface area contributed by atoms with Gasteiger partial charge in [0, 0.05) is 31.9 Å². The van der Waals surface area contributed by atoms with Crippen LogP contribution in [0, 0.1) is 0 Å². The fourth-order valence-corrected chi connectivity index (χ4v) is 2.94. The minimum absolute atomic E-state index is 0.247. The number of rotatable bonds is 6. The van der Waals surface area contributed by atoms with Crippen molar-refractivity contribution in [3.05, 3.63) is 18.2 Å². The van der Waals surface area contributed by atoms with Crippen LogP contribution in [-0.4, -0.2) is 38.8 Å². The van der Waals surface area contributed by atoms with E-state index in [1.165, 1.54) is 37.8 Å². The van der Waals surface area contributed by atoms with Crippen molar-refractivity contribution in [3.8, 4) is 0 Å². The maximum Gasteiger partial charge on any atom is 0.0948 e. The summed E-state index contributed by atoms with van der Waals surface area (Å²) in [6.45, 7) is 5.05. The number of hydrogen-bond acceptors (Lipinski definition) is 3. The highest BCUT2D eigenvalue weighted by molar-refractivity contribution is 4.99. The van der Waals surface area contributed by atoms with Gasteiger partial charge >= 0.3 is 0 Å². The molecule has 18 heavy (non-hydrogen) atoms. The van der Waals surface area contributed by atoms with Gasteiger partial charge in [-0.05, 0) is 19.8 Å². The normalized spacial score (nSPS) is 17.5. The Morgan fingerprint density at radius 2 is 2.17 bits per heavy atom. The quantitative estimate of drug-likeness (QED) is 0.841. The molecule has 1 aliphatic rings. The molecule has 2 rings (SSSR count). The Labute approximate surface area is 110 Å². The molecular formula is C14H25N3O. The van der Waals surface area contributed by atoms with Gasteiger partial charge in [0.15, 0.2) is 0 Å². The minimum Gasteiger partial charge on any atom is -0.395 e. The van der Waals surface area contributed by atoms with E-state index in [-0.39, 0.29) is 6.61 Å². The summed E-state index contributed by atoms with van der Waals surface area (Å²) in [6.07, 6.45) is 10.4. The number of imidazole rings is 1. The van der Waals surface area contributed by atoms with Crippen molar-refractivity contribution < 1.29 is 5.11 Å². The summed E-state index contributed by atoms with van der Waals surface area (Å²) in [5.41, 5.74) is 1.26. The Hall–Kier alpha value is -0.870. The predicted octanol–water partition coefficient (Wildman–Crippen LogP) is 2.03. The van der Waals surface area contributed by atoms with E-state index in [1.54, 1.807) is 0 Å². The first-order chi connectivity index (χ1) is 8.85. The van der Waals surface area contributed by atoms with E-state index in [9.17, 15) is 5.11 Å². The average Bonchev–Trinajstić information content (AvgIpc) is 2.86. The lowest BCUT2D eigenvalue weighted by atomic mass is 9.94. The molecule has 0 aromatic carbocycles. The fourth-order valence-electron chi connectivity index (χ4n) is 2.94. The molecule has 102 valence electrons. The van der Waals surface area contributed by atoms with Crippen LogP contribution in [0.1, 0.15) is 44.7 Å². The van der Waals surface area contributed by atoms with Crippen LogP contribution in [-0.2, 0) is 13.1 Å². The van der Waals surface area contributed by atoms with Crippen LogP contribution < -0.4 is 0 Å². The van der Waals surface area contributed by atoms with Crippen LogP contribution in [0.25, 0.3) is 0 Å². The number of nitrogens with zero attached hydrogens (tertiary/aromatic N) is 3. The van der Waals surface area contributed by atoms with Crippen molar-refractivity contribution in [2.24, 2.45) is 0 Å². The van der Waals surface area contributed by atoms with Crippen molar-refractivity contribution in [3.63, 3.8) is 0 Å². The molecule has 1 heterocycles. The molecule has 0 radical (unpaired) electrons. The lowest BCUT2D eigenvalue weighted by Crippen LogP contribution is -2.38. The molecule has 0 bridgehead atoms. The topological polar surface area (TPSA) is 41.3 Å². The highest BCUT2D eigenvalue weighted by Crippen LogP contribution is 2.23. The van der Waals surface area contributed by atoms with E-state index in [0.29, 0.717) is 6.04 Å². The Morgan fingerprint density at radius 3 is 2.83 bits per heavy atom. The molecule has 0 aliphatic heterocycles. The summed E-state index contributed by atoms with van der Waals surface area (Å²) in [7, 11) is 0. The van der Waals surface area contributed by atoms with E-state index in [0.717, 1.165) is 19.6 Å². The van der Waals surface area contributed by atoms with Crippen molar-refractivity contribution in [1.82, 2.24) is 14.5 Å². The van der Waals surface area contributed by atoms with Crippen LogP contribution in [0.3, 0.4) is 0 Å². The van der Waals surface area contributed by atoms with Crippen molar-refractivity contribution >= 4 is 0 Å². The Kier molecular flexibility index (Phi) is 5.20. The largest absolute Gasteiger partial charge is 0.395 e. The molecule has 0 atom stereocenters. The van der Waals surface area contributed by atoms with Gasteiger partial charge in [-0.15, -0.1) is 0 Å².